The highest BCUT2D eigenvalue weighted by Gasteiger charge is 2.33. The minimum Gasteiger partial charge on any atom is -0.497 e. The van der Waals surface area contributed by atoms with Gasteiger partial charge in [0.25, 0.3) is 0 Å². The Kier molecular flexibility index (Phi) is 5.98. The average molecular weight is 445 g/mol. The monoisotopic (exact) mass is 444 g/mol. The third kappa shape index (κ3) is 4.99. The molecule has 2 aromatic carbocycles. The highest BCUT2D eigenvalue weighted by Crippen LogP contribution is 2.30. The van der Waals surface area contributed by atoms with Crippen molar-refractivity contribution in [1.29, 1.82) is 0 Å². The van der Waals surface area contributed by atoms with Gasteiger partial charge in [0, 0.05) is 50.1 Å². The first-order valence-corrected chi connectivity index (χ1v) is 11.2. The molecule has 0 atom stereocenters. The third-order valence-electron chi connectivity index (χ3n) is 6.33. The zero-order valence-corrected chi connectivity index (χ0v) is 18.7. The van der Waals surface area contributed by atoms with Crippen molar-refractivity contribution in [3.8, 4) is 22.7 Å². The number of hydrogen-bond donors (Lipinski definition) is 1. The summed E-state index contributed by atoms with van der Waals surface area (Å²) < 4.78 is 12.7. The van der Waals surface area contributed by atoms with Crippen LogP contribution in [-0.4, -0.2) is 50.7 Å². The van der Waals surface area contributed by atoms with Crippen LogP contribution in [0.3, 0.4) is 0 Å². The lowest BCUT2D eigenvalue weighted by molar-refractivity contribution is -0.0265. The van der Waals surface area contributed by atoms with Crippen molar-refractivity contribution in [2.24, 2.45) is 0 Å². The molecule has 3 heterocycles. The lowest BCUT2D eigenvalue weighted by Crippen LogP contribution is -2.45. The van der Waals surface area contributed by atoms with E-state index in [1.807, 2.05) is 47.3 Å². The molecule has 0 amide bonds. The fourth-order valence-electron chi connectivity index (χ4n) is 4.38. The van der Waals surface area contributed by atoms with E-state index >= 15 is 0 Å². The fraction of sp³-hybridized carbons (Fsp3) is 0.308. The molecule has 33 heavy (non-hydrogen) atoms. The smallest absolute Gasteiger partial charge is 0.140 e. The first kappa shape index (κ1) is 21.4. The van der Waals surface area contributed by atoms with Crippen molar-refractivity contribution in [2.75, 3.05) is 20.2 Å². The Morgan fingerprint density at radius 1 is 1.06 bits per heavy atom. The number of piperidine rings is 1. The number of aromatic nitrogens is 3. The molecule has 0 unspecified atom stereocenters. The van der Waals surface area contributed by atoms with E-state index in [1.165, 1.54) is 5.56 Å². The molecule has 7 heteroatoms. The van der Waals surface area contributed by atoms with Gasteiger partial charge in [0.05, 0.1) is 18.4 Å². The van der Waals surface area contributed by atoms with E-state index in [4.69, 9.17) is 9.26 Å². The zero-order chi connectivity index (χ0) is 22.7. The molecule has 2 aromatic heterocycles. The van der Waals surface area contributed by atoms with E-state index < -0.39 is 5.60 Å². The maximum Gasteiger partial charge on any atom is 0.140 e. The molecule has 0 saturated carbocycles. The predicted octanol–water partition coefficient (Wildman–Crippen LogP) is 4.11. The summed E-state index contributed by atoms with van der Waals surface area (Å²) in [5.41, 5.74) is 3.23. The van der Waals surface area contributed by atoms with E-state index in [1.54, 1.807) is 13.3 Å². The van der Waals surface area contributed by atoms with Crippen LogP contribution < -0.4 is 4.74 Å². The van der Waals surface area contributed by atoms with Gasteiger partial charge >= 0.3 is 0 Å². The summed E-state index contributed by atoms with van der Waals surface area (Å²) >= 11 is 0. The van der Waals surface area contributed by atoms with Crippen LogP contribution >= 0.6 is 0 Å². The summed E-state index contributed by atoms with van der Waals surface area (Å²) in [6.07, 6.45) is 5.59. The predicted molar refractivity (Wildman–Crippen MR) is 125 cm³/mol. The molecular weight excluding hydrogens is 416 g/mol. The molecule has 170 valence electrons. The average Bonchev–Trinajstić information content (AvgIpc) is 3.54. The van der Waals surface area contributed by atoms with Gasteiger partial charge < -0.3 is 14.4 Å². The highest BCUT2D eigenvalue weighted by atomic mass is 16.5. The molecular formula is C26H28N4O3. The maximum absolute atomic E-state index is 11.2. The normalized spacial score (nSPS) is 16.1. The molecule has 1 fully saturated rings. The Hall–Kier alpha value is -3.42. The molecule has 0 spiro atoms. The Morgan fingerprint density at radius 3 is 2.61 bits per heavy atom. The van der Waals surface area contributed by atoms with Crippen LogP contribution in [0.15, 0.2) is 77.6 Å². The first-order valence-electron chi connectivity index (χ1n) is 11.2. The van der Waals surface area contributed by atoms with Crippen molar-refractivity contribution in [3.63, 3.8) is 0 Å². The molecule has 1 aliphatic rings. The van der Waals surface area contributed by atoms with E-state index in [9.17, 15) is 5.11 Å². The minimum atomic E-state index is -0.772. The third-order valence-corrected chi connectivity index (χ3v) is 6.33. The number of aliphatic hydroxyl groups is 1. The standard InChI is InChI=1S/C26H28N4O3/c1-32-23-5-2-4-21(16-23)25-17-24(33-28-25)18-26(31)10-14-29(15-11-26)19-20-6-8-22(9-7-20)30-13-3-12-27-30/h2-9,12-13,16-17,31H,10-11,14-15,18-19H2,1H3. The zero-order valence-electron chi connectivity index (χ0n) is 18.7. The second-order valence-electron chi connectivity index (χ2n) is 8.70. The number of ether oxygens (including phenoxy) is 1. The van der Waals surface area contributed by atoms with Crippen molar-refractivity contribution >= 4 is 0 Å². The largest absolute Gasteiger partial charge is 0.497 e. The summed E-state index contributed by atoms with van der Waals surface area (Å²) in [6, 6.07) is 20.0. The summed E-state index contributed by atoms with van der Waals surface area (Å²) in [5.74, 6) is 1.48. The first-order chi connectivity index (χ1) is 16.1. The van der Waals surface area contributed by atoms with Gasteiger partial charge in [-0.2, -0.15) is 5.10 Å². The molecule has 4 aromatic rings. The van der Waals surface area contributed by atoms with E-state index in [0.29, 0.717) is 25.0 Å². The minimum absolute atomic E-state index is 0.469. The number of benzene rings is 2. The SMILES string of the molecule is COc1cccc(-c2cc(CC3(O)CCN(Cc4ccc(-n5cccn5)cc4)CC3)on2)c1. The Labute approximate surface area is 193 Å². The van der Waals surface area contributed by atoms with Gasteiger partial charge in [-0.3, -0.25) is 4.90 Å². The van der Waals surface area contributed by atoms with E-state index in [0.717, 1.165) is 42.3 Å². The van der Waals surface area contributed by atoms with E-state index in [2.05, 4.69) is 39.4 Å². The molecule has 0 bridgehead atoms. The highest BCUT2D eigenvalue weighted by molar-refractivity contribution is 5.61. The van der Waals surface area contributed by atoms with Crippen molar-refractivity contribution in [1.82, 2.24) is 19.8 Å². The van der Waals surface area contributed by atoms with Crippen LogP contribution in [0.1, 0.15) is 24.2 Å². The van der Waals surface area contributed by atoms with Crippen LogP contribution in [0.2, 0.25) is 0 Å². The number of hydrogen-bond acceptors (Lipinski definition) is 6. The van der Waals surface area contributed by atoms with Crippen molar-refractivity contribution < 1.29 is 14.4 Å². The second kappa shape index (κ2) is 9.21. The molecule has 1 aliphatic heterocycles. The van der Waals surface area contributed by atoms with Gasteiger partial charge in [0.2, 0.25) is 0 Å². The maximum atomic E-state index is 11.2. The number of methoxy groups -OCH3 is 1. The van der Waals surface area contributed by atoms with Gasteiger partial charge in [-0.1, -0.05) is 29.4 Å². The lowest BCUT2D eigenvalue weighted by atomic mass is 9.87. The summed E-state index contributed by atoms with van der Waals surface area (Å²) in [5, 5.41) is 19.6. The second-order valence-corrected chi connectivity index (χ2v) is 8.70. The van der Waals surface area contributed by atoms with Gasteiger partial charge in [-0.15, -0.1) is 0 Å². The molecule has 0 aliphatic carbocycles. The lowest BCUT2D eigenvalue weighted by Gasteiger charge is -2.37. The summed E-state index contributed by atoms with van der Waals surface area (Å²) in [4.78, 5) is 2.39. The van der Waals surface area contributed by atoms with Crippen LogP contribution in [0, 0.1) is 0 Å². The molecule has 1 N–H and O–H groups in total. The number of nitrogens with zero attached hydrogens (tertiary/aromatic N) is 4. The fourth-order valence-corrected chi connectivity index (χ4v) is 4.38. The molecule has 7 nitrogen and oxygen atoms in total. The van der Waals surface area contributed by atoms with Crippen LogP contribution in [0.25, 0.3) is 16.9 Å². The Morgan fingerprint density at radius 2 is 1.88 bits per heavy atom. The van der Waals surface area contributed by atoms with Crippen LogP contribution in [0.4, 0.5) is 0 Å². The topological polar surface area (TPSA) is 76.6 Å². The van der Waals surface area contributed by atoms with Gasteiger partial charge in [0.1, 0.15) is 17.2 Å². The summed E-state index contributed by atoms with van der Waals surface area (Å²) in [6.45, 7) is 2.56. The molecule has 5 rings (SSSR count). The van der Waals surface area contributed by atoms with E-state index in [-0.39, 0.29) is 0 Å². The van der Waals surface area contributed by atoms with Gasteiger partial charge in [-0.05, 0) is 48.7 Å². The van der Waals surface area contributed by atoms with Gasteiger partial charge in [0.15, 0.2) is 0 Å². The number of rotatable bonds is 7. The van der Waals surface area contributed by atoms with Crippen molar-refractivity contribution in [3.05, 3.63) is 84.4 Å². The Balaban J connectivity index is 1.16. The van der Waals surface area contributed by atoms with Crippen LogP contribution in [-0.2, 0) is 13.0 Å². The van der Waals surface area contributed by atoms with Gasteiger partial charge in [-0.25, -0.2) is 4.68 Å². The quantitative estimate of drug-likeness (QED) is 0.462. The number of likely N-dealkylation sites (tertiary alicyclic amines) is 1. The molecule has 1 saturated heterocycles. The van der Waals surface area contributed by atoms with Crippen molar-refractivity contribution in [2.45, 2.75) is 31.4 Å². The summed E-state index contributed by atoms with van der Waals surface area (Å²) in [7, 11) is 1.64. The Bertz CT molecular complexity index is 1180. The van der Waals surface area contributed by atoms with Crippen LogP contribution in [0.5, 0.6) is 5.75 Å². The molecule has 0 radical (unpaired) electrons.